The number of carbonyl (C=O) groups excluding carboxylic acids is 1. The van der Waals surface area contributed by atoms with E-state index in [9.17, 15) is 4.79 Å². The molecule has 0 aliphatic rings. The van der Waals surface area contributed by atoms with Crippen molar-refractivity contribution in [3.05, 3.63) is 23.2 Å². The summed E-state index contributed by atoms with van der Waals surface area (Å²) in [6.45, 7) is 6.75. The molecule has 0 saturated carbocycles. The lowest BCUT2D eigenvalue weighted by atomic mass is 10.2. The van der Waals surface area contributed by atoms with Crippen LogP contribution in [0.25, 0.3) is 0 Å². The van der Waals surface area contributed by atoms with Crippen molar-refractivity contribution in [2.45, 2.75) is 46.1 Å². The Hall–Kier alpha value is -1.42. The third-order valence-electron chi connectivity index (χ3n) is 2.97. The largest absolute Gasteiger partial charge is 0.492 e. The maximum absolute atomic E-state index is 11.8. The molecule has 0 radical (unpaired) electrons. The number of hydrogen-bond acceptors (Lipinski definition) is 2. The van der Waals surface area contributed by atoms with E-state index in [1.54, 1.807) is 18.2 Å². The monoisotopic (exact) mass is 298 g/mol. The van der Waals surface area contributed by atoms with Gasteiger partial charge in [0.15, 0.2) is 0 Å². The zero-order valence-corrected chi connectivity index (χ0v) is 13.1. The molecule has 0 bridgehead atoms. The predicted molar refractivity (Wildman–Crippen MR) is 83.8 cm³/mol. The number of rotatable bonds is 7. The summed E-state index contributed by atoms with van der Waals surface area (Å²) in [7, 11) is 0. The van der Waals surface area contributed by atoms with Crippen LogP contribution in [-0.4, -0.2) is 18.7 Å². The molecule has 0 spiro atoms. The van der Waals surface area contributed by atoms with Gasteiger partial charge in [0, 0.05) is 11.7 Å². The third kappa shape index (κ3) is 5.29. The molecule has 0 aromatic heterocycles. The van der Waals surface area contributed by atoms with E-state index < -0.39 is 0 Å². The molecule has 0 heterocycles. The van der Waals surface area contributed by atoms with Crippen molar-refractivity contribution < 1.29 is 9.53 Å². The molecule has 20 heavy (non-hydrogen) atoms. The topological polar surface area (TPSA) is 50.4 Å². The minimum atomic E-state index is -0.211. The van der Waals surface area contributed by atoms with Gasteiger partial charge >= 0.3 is 6.03 Å². The maximum Gasteiger partial charge on any atom is 0.319 e. The first-order valence-electron chi connectivity index (χ1n) is 7.10. The van der Waals surface area contributed by atoms with Crippen LogP contribution in [0.15, 0.2) is 18.2 Å². The molecule has 4 nitrogen and oxygen atoms in total. The zero-order valence-electron chi connectivity index (χ0n) is 12.3. The van der Waals surface area contributed by atoms with E-state index in [2.05, 4.69) is 10.6 Å². The second kappa shape index (κ2) is 8.69. The molecule has 0 aliphatic carbocycles. The molecule has 0 saturated heterocycles. The Bertz CT molecular complexity index is 434. The minimum Gasteiger partial charge on any atom is -0.492 e. The molecule has 0 aliphatic heterocycles. The number of amides is 2. The van der Waals surface area contributed by atoms with E-state index in [1.807, 2.05) is 20.8 Å². The first-order chi connectivity index (χ1) is 9.60. The second-order valence-corrected chi connectivity index (χ2v) is 5.01. The van der Waals surface area contributed by atoms with Crippen molar-refractivity contribution >= 4 is 23.3 Å². The van der Waals surface area contributed by atoms with Gasteiger partial charge in [-0.1, -0.05) is 32.4 Å². The summed E-state index contributed by atoms with van der Waals surface area (Å²) >= 11 is 6.11. The van der Waals surface area contributed by atoms with Crippen molar-refractivity contribution in [3.8, 4) is 5.75 Å². The second-order valence-electron chi connectivity index (χ2n) is 4.61. The minimum absolute atomic E-state index is 0.192. The van der Waals surface area contributed by atoms with Gasteiger partial charge in [0.25, 0.3) is 0 Å². The fourth-order valence-corrected chi connectivity index (χ4v) is 1.99. The molecule has 1 rings (SSSR count). The van der Waals surface area contributed by atoms with Crippen LogP contribution in [0, 0.1) is 0 Å². The first-order valence-corrected chi connectivity index (χ1v) is 7.48. The van der Waals surface area contributed by atoms with Crippen LogP contribution < -0.4 is 15.4 Å². The summed E-state index contributed by atoms with van der Waals surface area (Å²) in [5.74, 6) is 0.638. The Kier molecular flexibility index (Phi) is 7.23. The van der Waals surface area contributed by atoms with E-state index in [0.717, 1.165) is 19.3 Å². The van der Waals surface area contributed by atoms with Crippen LogP contribution in [0.4, 0.5) is 10.5 Å². The van der Waals surface area contributed by atoms with Crippen LogP contribution in [0.1, 0.15) is 40.0 Å². The Morgan fingerprint density at radius 1 is 1.30 bits per heavy atom. The van der Waals surface area contributed by atoms with Gasteiger partial charge in [-0.2, -0.15) is 0 Å². The van der Waals surface area contributed by atoms with Gasteiger partial charge in [-0.05, 0) is 37.5 Å². The van der Waals surface area contributed by atoms with Crippen molar-refractivity contribution in [2.75, 3.05) is 11.9 Å². The molecule has 0 fully saturated rings. The Labute approximate surface area is 125 Å². The number of benzene rings is 1. The lowest BCUT2D eigenvalue weighted by Gasteiger charge is -2.16. The summed E-state index contributed by atoms with van der Waals surface area (Å²) in [5, 5.41) is 6.18. The molecule has 0 atom stereocenters. The van der Waals surface area contributed by atoms with Crippen LogP contribution in [0.5, 0.6) is 5.75 Å². The van der Waals surface area contributed by atoms with Crippen LogP contribution >= 0.6 is 11.6 Å². The van der Waals surface area contributed by atoms with Gasteiger partial charge in [-0.15, -0.1) is 0 Å². The average Bonchev–Trinajstić information content (AvgIpc) is 2.44. The van der Waals surface area contributed by atoms with E-state index >= 15 is 0 Å². The first kappa shape index (κ1) is 16.6. The highest BCUT2D eigenvalue weighted by atomic mass is 35.5. The summed E-state index contributed by atoms with van der Waals surface area (Å²) in [6, 6.07) is 5.22. The average molecular weight is 299 g/mol. The van der Waals surface area contributed by atoms with E-state index in [1.165, 1.54) is 0 Å². The summed E-state index contributed by atoms with van der Waals surface area (Å²) in [6.07, 6.45) is 2.75. The van der Waals surface area contributed by atoms with Crippen molar-refractivity contribution in [1.29, 1.82) is 0 Å². The van der Waals surface area contributed by atoms with Crippen LogP contribution in [-0.2, 0) is 0 Å². The van der Waals surface area contributed by atoms with Gasteiger partial charge in [-0.25, -0.2) is 4.79 Å². The number of urea groups is 1. The molecular formula is C15H23ClN2O2. The number of ether oxygens (including phenoxy) is 1. The smallest absolute Gasteiger partial charge is 0.319 e. The summed E-state index contributed by atoms with van der Waals surface area (Å²) < 4.78 is 5.48. The molecule has 0 unspecified atom stereocenters. The van der Waals surface area contributed by atoms with Gasteiger partial charge in [0.1, 0.15) is 5.75 Å². The summed E-state index contributed by atoms with van der Waals surface area (Å²) in [5.41, 5.74) is 0.655. The highest BCUT2D eigenvalue weighted by Crippen LogP contribution is 2.27. The van der Waals surface area contributed by atoms with E-state index in [4.69, 9.17) is 16.3 Å². The SMILES string of the molecule is CCCOc1ccc(NC(=O)NC(CC)CC)cc1Cl. The van der Waals surface area contributed by atoms with Crippen molar-refractivity contribution in [2.24, 2.45) is 0 Å². The van der Waals surface area contributed by atoms with Crippen molar-refractivity contribution in [1.82, 2.24) is 5.32 Å². The van der Waals surface area contributed by atoms with Crippen LogP contribution in [0.3, 0.4) is 0 Å². The number of nitrogens with one attached hydrogen (secondary N) is 2. The maximum atomic E-state index is 11.8. The molecule has 1 aromatic rings. The van der Waals surface area contributed by atoms with E-state index in [0.29, 0.717) is 23.1 Å². The Morgan fingerprint density at radius 2 is 2.00 bits per heavy atom. The lowest BCUT2D eigenvalue weighted by Crippen LogP contribution is -2.37. The van der Waals surface area contributed by atoms with E-state index in [-0.39, 0.29) is 12.1 Å². The quantitative estimate of drug-likeness (QED) is 0.782. The van der Waals surface area contributed by atoms with Gasteiger partial charge in [0.05, 0.1) is 11.6 Å². The molecule has 2 N–H and O–H groups in total. The number of anilines is 1. The predicted octanol–water partition coefficient (Wildman–Crippen LogP) is 4.44. The van der Waals surface area contributed by atoms with Crippen LogP contribution in [0.2, 0.25) is 5.02 Å². The molecule has 112 valence electrons. The molecule has 2 amide bonds. The number of hydrogen-bond donors (Lipinski definition) is 2. The molecule has 1 aromatic carbocycles. The highest BCUT2D eigenvalue weighted by molar-refractivity contribution is 6.32. The van der Waals surface area contributed by atoms with Gasteiger partial charge in [-0.3, -0.25) is 0 Å². The standard InChI is InChI=1S/C15H23ClN2O2/c1-4-9-20-14-8-7-12(10-13(14)16)18-15(19)17-11(5-2)6-3/h7-8,10-11H,4-6,9H2,1-3H3,(H2,17,18,19). The molecular weight excluding hydrogens is 276 g/mol. The van der Waals surface area contributed by atoms with Gasteiger partial charge in [0.2, 0.25) is 0 Å². The summed E-state index contributed by atoms with van der Waals surface area (Å²) in [4.78, 5) is 11.8. The zero-order chi connectivity index (χ0) is 15.0. The highest BCUT2D eigenvalue weighted by Gasteiger charge is 2.09. The Balaban J connectivity index is 2.60. The Morgan fingerprint density at radius 3 is 2.55 bits per heavy atom. The third-order valence-corrected chi connectivity index (χ3v) is 3.27. The van der Waals surface area contributed by atoms with Gasteiger partial charge < -0.3 is 15.4 Å². The fraction of sp³-hybridized carbons (Fsp3) is 0.533. The normalized spacial score (nSPS) is 10.4. The fourth-order valence-electron chi connectivity index (χ4n) is 1.75. The number of halogens is 1. The van der Waals surface area contributed by atoms with Crippen molar-refractivity contribution in [3.63, 3.8) is 0 Å². The lowest BCUT2D eigenvalue weighted by molar-refractivity contribution is 0.247. The number of carbonyl (C=O) groups is 1. The molecule has 5 heteroatoms.